The van der Waals surface area contributed by atoms with E-state index < -0.39 is 62.8 Å². The molecule has 4 fully saturated rings. The van der Waals surface area contributed by atoms with Crippen LogP contribution in [0.25, 0.3) is 0 Å². The van der Waals surface area contributed by atoms with Crippen LogP contribution < -0.4 is 10.0 Å². The predicted octanol–water partition coefficient (Wildman–Crippen LogP) is 4.55. The number of likely N-dealkylation sites (N-methyl/N-ethyl adjacent to an activating group) is 1. The first kappa shape index (κ1) is 37.8. The summed E-state index contributed by atoms with van der Waals surface area (Å²) in [4.78, 5) is 62.2. The largest absolute Gasteiger partial charge is 0.444 e. The van der Waals surface area contributed by atoms with Crippen molar-refractivity contribution in [2.45, 2.75) is 151 Å². The van der Waals surface area contributed by atoms with Crippen molar-refractivity contribution >= 4 is 33.8 Å². The lowest BCUT2D eigenvalue weighted by Crippen LogP contribution is -2.59. The SMILES string of the molecule is C=C[C@H]1C[C@]1(NC(=O)[C@@H]1C[C@@H]2CN1C(=O)[C@H](C1CCCCC1)N(C)C(C)CCCCCCc1cccc3c1CN(C3)C(=O)O2)C(=O)NS(=O)(=O)C1CC1. The number of rotatable bonds is 7. The van der Waals surface area contributed by atoms with E-state index in [4.69, 9.17) is 4.74 Å². The van der Waals surface area contributed by atoms with Crippen LogP contribution in [0.15, 0.2) is 30.9 Å². The van der Waals surface area contributed by atoms with Crippen LogP contribution in [0.3, 0.4) is 0 Å². The molecule has 6 aliphatic rings. The van der Waals surface area contributed by atoms with Gasteiger partial charge in [-0.15, -0.1) is 6.58 Å². The Morgan fingerprint density at radius 2 is 1.66 bits per heavy atom. The number of hydrogen-bond acceptors (Lipinski definition) is 8. The van der Waals surface area contributed by atoms with Crippen LogP contribution in [-0.4, -0.2) is 95.5 Å². The van der Waals surface area contributed by atoms with Crippen molar-refractivity contribution in [2.24, 2.45) is 11.8 Å². The molecule has 1 aromatic rings. The van der Waals surface area contributed by atoms with Gasteiger partial charge in [-0.2, -0.15) is 0 Å². The molecule has 13 heteroatoms. The Morgan fingerprint density at radius 3 is 2.38 bits per heavy atom. The van der Waals surface area contributed by atoms with Crippen LogP contribution in [0.1, 0.15) is 114 Å². The molecule has 3 heterocycles. The number of fused-ring (bicyclic) bond motifs is 3. The number of carbonyl (C=O) groups is 4. The minimum Gasteiger partial charge on any atom is -0.444 e. The number of nitrogens with one attached hydrogen (secondary N) is 2. The van der Waals surface area contributed by atoms with Crippen LogP contribution in [-0.2, 0) is 48.7 Å². The molecule has 0 aromatic heterocycles. The third kappa shape index (κ3) is 7.88. The summed E-state index contributed by atoms with van der Waals surface area (Å²) in [5.41, 5.74) is 2.09. The van der Waals surface area contributed by atoms with Crippen molar-refractivity contribution in [1.29, 1.82) is 0 Å². The number of carbonyl (C=O) groups excluding carboxylic acids is 4. The molecule has 4 amide bonds. The molecule has 2 N–H and O–H groups in total. The van der Waals surface area contributed by atoms with Gasteiger partial charge in [0.25, 0.3) is 5.91 Å². The highest BCUT2D eigenvalue weighted by atomic mass is 32.2. The van der Waals surface area contributed by atoms with Crippen molar-refractivity contribution in [3.8, 4) is 0 Å². The van der Waals surface area contributed by atoms with Gasteiger partial charge in [-0.05, 0) is 87.9 Å². The van der Waals surface area contributed by atoms with Gasteiger partial charge in [-0.3, -0.25) is 28.9 Å². The molecule has 0 radical (unpaired) electrons. The number of amides is 4. The van der Waals surface area contributed by atoms with Crippen LogP contribution in [0.2, 0.25) is 0 Å². The van der Waals surface area contributed by atoms with Gasteiger partial charge in [0.1, 0.15) is 17.7 Å². The standard InChI is InChI=1S/C40H57N5O7S/c1-4-30-22-40(30,38(48)42-53(50,51)32-19-20-32)41-36(46)34-21-31-24-45(34)37(47)35(28-15-10-7-11-16-28)43(3)26(2)13-8-5-6-9-14-27-17-12-18-29-23-44(25-33(27)29)39(49)52-31/h4,12,17-18,26,28,30-32,34-35H,1,5-11,13-16,19-25H2,2-3H3,(H,41,46)(H,42,48)/t26?,30-,31+,34-,35-,40+/m0/s1. The molecule has 3 saturated carbocycles. The Kier molecular flexibility index (Phi) is 11.0. The number of nitrogens with zero attached hydrogens (tertiary/aromatic N) is 3. The second-order valence-corrected chi connectivity index (χ2v) is 18.6. The summed E-state index contributed by atoms with van der Waals surface area (Å²) in [5, 5.41) is 2.29. The van der Waals surface area contributed by atoms with Crippen LogP contribution in [0.4, 0.5) is 4.79 Å². The van der Waals surface area contributed by atoms with Crippen molar-refractivity contribution < 1.29 is 32.3 Å². The zero-order chi connectivity index (χ0) is 37.5. The lowest BCUT2D eigenvalue weighted by molar-refractivity contribution is -0.146. The first-order valence-electron chi connectivity index (χ1n) is 20.0. The highest BCUT2D eigenvalue weighted by Crippen LogP contribution is 2.46. The highest BCUT2D eigenvalue weighted by molar-refractivity contribution is 7.91. The van der Waals surface area contributed by atoms with E-state index in [1.165, 1.54) is 11.1 Å². The third-order valence-corrected chi connectivity index (χ3v) is 14.8. The molecule has 6 atom stereocenters. The zero-order valence-corrected chi connectivity index (χ0v) is 32.2. The first-order chi connectivity index (χ1) is 25.4. The van der Waals surface area contributed by atoms with Crippen molar-refractivity contribution in [3.63, 3.8) is 0 Å². The molecule has 1 saturated heterocycles. The minimum atomic E-state index is -3.86. The van der Waals surface area contributed by atoms with Crippen LogP contribution in [0, 0.1) is 11.8 Å². The number of benzene rings is 1. The second kappa shape index (κ2) is 15.4. The van der Waals surface area contributed by atoms with E-state index in [2.05, 4.69) is 46.6 Å². The van der Waals surface area contributed by atoms with E-state index in [9.17, 15) is 22.8 Å². The van der Waals surface area contributed by atoms with E-state index >= 15 is 4.79 Å². The zero-order valence-electron chi connectivity index (χ0n) is 31.4. The average Bonchev–Trinajstić information content (AvgIpc) is 4.03. The normalized spacial score (nSPS) is 31.9. The van der Waals surface area contributed by atoms with Gasteiger partial charge in [0.15, 0.2) is 0 Å². The Labute approximate surface area is 314 Å². The lowest BCUT2D eigenvalue weighted by atomic mass is 9.82. The maximum absolute atomic E-state index is 15.0. The molecule has 1 unspecified atom stereocenters. The Bertz CT molecular complexity index is 1710. The summed E-state index contributed by atoms with van der Waals surface area (Å²) in [6.45, 7) is 6.96. The summed E-state index contributed by atoms with van der Waals surface area (Å²) in [6, 6.07) is 4.95. The number of ether oxygens (including phenoxy) is 1. The number of sulfonamides is 1. The molecule has 7 rings (SSSR count). The fourth-order valence-electron chi connectivity index (χ4n) is 9.38. The Hall–Kier alpha value is -3.45. The topological polar surface area (TPSA) is 145 Å². The molecule has 1 aromatic carbocycles. The highest BCUT2D eigenvalue weighted by Gasteiger charge is 2.62. The van der Waals surface area contributed by atoms with E-state index in [1.807, 2.05) is 7.05 Å². The van der Waals surface area contributed by atoms with Crippen LogP contribution >= 0.6 is 0 Å². The first-order valence-corrected chi connectivity index (χ1v) is 21.5. The fraction of sp³-hybridized carbons (Fsp3) is 0.700. The molecule has 3 aliphatic carbocycles. The van der Waals surface area contributed by atoms with Gasteiger partial charge >= 0.3 is 6.09 Å². The predicted molar refractivity (Wildman–Crippen MR) is 200 cm³/mol. The van der Waals surface area contributed by atoms with E-state index in [0.29, 0.717) is 25.9 Å². The fourth-order valence-corrected chi connectivity index (χ4v) is 10.7. The average molecular weight is 752 g/mol. The molecular formula is C40H57N5O7S. The maximum atomic E-state index is 15.0. The Balaban J connectivity index is 1.17. The van der Waals surface area contributed by atoms with Crippen molar-refractivity contribution in [2.75, 3.05) is 13.6 Å². The molecule has 53 heavy (non-hydrogen) atoms. The third-order valence-electron chi connectivity index (χ3n) is 13.0. The molecule has 0 spiro atoms. The summed E-state index contributed by atoms with van der Waals surface area (Å²) in [7, 11) is -1.83. The van der Waals surface area contributed by atoms with Gasteiger partial charge in [-0.25, -0.2) is 13.2 Å². The molecular weight excluding hydrogens is 695 g/mol. The maximum Gasteiger partial charge on any atom is 0.410 e. The van der Waals surface area contributed by atoms with Crippen LogP contribution in [0.5, 0.6) is 0 Å². The van der Waals surface area contributed by atoms with E-state index in [-0.39, 0.29) is 37.3 Å². The molecule has 4 bridgehead atoms. The van der Waals surface area contributed by atoms with Gasteiger partial charge in [0, 0.05) is 31.5 Å². The summed E-state index contributed by atoms with van der Waals surface area (Å²) >= 11 is 0. The quantitative estimate of drug-likeness (QED) is 0.386. The molecule has 12 nitrogen and oxygen atoms in total. The smallest absolute Gasteiger partial charge is 0.410 e. The lowest BCUT2D eigenvalue weighted by Gasteiger charge is -2.41. The summed E-state index contributed by atoms with van der Waals surface area (Å²) in [5.74, 6) is -1.84. The van der Waals surface area contributed by atoms with Crippen molar-refractivity contribution in [3.05, 3.63) is 47.5 Å². The van der Waals surface area contributed by atoms with Gasteiger partial charge in [0.05, 0.1) is 17.8 Å². The van der Waals surface area contributed by atoms with E-state index in [1.54, 1.807) is 15.9 Å². The summed E-state index contributed by atoms with van der Waals surface area (Å²) in [6.07, 6.45) is 13.0. The monoisotopic (exact) mass is 751 g/mol. The second-order valence-electron chi connectivity index (χ2n) is 16.7. The van der Waals surface area contributed by atoms with Crippen molar-refractivity contribution in [1.82, 2.24) is 24.7 Å². The van der Waals surface area contributed by atoms with Gasteiger partial charge < -0.3 is 15.0 Å². The number of aryl methyl sites for hydroxylation is 1. The minimum absolute atomic E-state index is 0.0558. The van der Waals surface area contributed by atoms with Gasteiger partial charge in [-0.1, -0.05) is 62.8 Å². The van der Waals surface area contributed by atoms with Gasteiger partial charge in [0.2, 0.25) is 21.8 Å². The molecule has 290 valence electrons. The Morgan fingerprint density at radius 1 is 0.962 bits per heavy atom. The van der Waals surface area contributed by atoms with E-state index in [0.717, 1.165) is 76.2 Å². The number of hydrogen-bond donors (Lipinski definition) is 2. The molecule has 3 aliphatic heterocycles. The summed E-state index contributed by atoms with van der Waals surface area (Å²) < 4.78 is 33.8.